The molecule has 0 aliphatic rings. The van der Waals surface area contributed by atoms with Crippen LogP contribution in [0.2, 0.25) is 0 Å². The lowest BCUT2D eigenvalue weighted by atomic mass is 10.3. The van der Waals surface area contributed by atoms with Crippen molar-refractivity contribution >= 4 is 11.2 Å². The second-order valence-corrected chi connectivity index (χ2v) is 4.74. The van der Waals surface area contributed by atoms with Gasteiger partial charge in [0.2, 0.25) is 0 Å². The Kier molecular flexibility index (Phi) is 3.49. The fraction of sp³-hybridized carbons (Fsp3) is 0.0769. The number of methoxy groups -OCH3 is 1. The Morgan fingerprint density at radius 3 is 2.00 bits per heavy atom. The highest BCUT2D eigenvalue weighted by Crippen LogP contribution is 2.22. The van der Waals surface area contributed by atoms with Crippen LogP contribution < -0.4 is 4.74 Å². The third-order valence-electron chi connectivity index (χ3n) is 2.23. The summed E-state index contributed by atoms with van der Waals surface area (Å²) in [6.45, 7) is 0. The predicted molar refractivity (Wildman–Crippen MR) is 64.1 cm³/mol. The number of hydrogen-bond donors (Lipinski definition) is 0. The van der Waals surface area contributed by atoms with Gasteiger partial charge in [-0.05, 0) is 36.4 Å². The number of rotatable bonds is 3. The molecule has 0 radical (unpaired) electrons. The van der Waals surface area contributed by atoms with Crippen LogP contribution in [0.1, 0.15) is 0 Å². The van der Waals surface area contributed by atoms with E-state index in [2.05, 4.69) is 0 Å². The van der Waals surface area contributed by atoms with Gasteiger partial charge in [-0.2, -0.15) is 0 Å². The van der Waals surface area contributed by atoms with E-state index in [4.69, 9.17) is 4.74 Å². The summed E-state index contributed by atoms with van der Waals surface area (Å²) in [6, 6.07) is 16.7. The summed E-state index contributed by atoms with van der Waals surface area (Å²) >= 11 is -1.11. The molecule has 0 spiro atoms. The molecule has 2 aromatic carbocycles. The Bertz CT molecular complexity index is 439. The Morgan fingerprint density at radius 1 is 0.875 bits per heavy atom. The average molecular weight is 232 g/mol. The van der Waals surface area contributed by atoms with Crippen molar-refractivity contribution in [1.29, 1.82) is 0 Å². The molecule has 16 heavy (non-hydrogen) atoms. The molecule has 1 atom stereocenters. The van der Waals surface area contributed by atoms with Gasteiger partial charge in [0.15, 0.2) is 9.79 Å². The van der Waals surface area contributed by atoms with Crippen molar-refractivity contribution in [2.24, 2.45) is 0 Å². The first-order valence-electron chi connectivity index (χ1n) is 4.92. The molecule has 3 heteroatoms. The maximum absolute atomic E-state index is 12.1. The van der Waals surface area contributed by atoms with Crippen LogP contribution in [-0.2, 0) is 11.2 Å². The summed E-state index contributed by atoms with van der Waals surface area (Å²) in [5.74, 6) is 0.772. The van der Waals surface area contributed by atoms with Crippen molar-refractivity contribution in [2.45, 2.75) is 9.79 Å². The minimum absolute atomic E-state index is 0.772. The molecule has 2 rings (SSSR count). The third-order valence-corrected chi connectivity index (χ3v) is 3.63. The standard InChI is InChI=1S/C13H12O2S/c1-15-11-7-9-13(10-8-11)16(14)12-5-3-2-4-6-12/h2-10H,1H3. The van der Waals surface area contributed by atoms with E-state index in [1.54, 1.807) is 7.11 Å². The molecule has 2 aromatic rings. The van der Waals surface area contributed by atoms with E-state index in [1.807, 2.05) is 54.6 Å². The summed E-state index contributed by atoms with van der Waals surface area (Å²) in [7, 11) is 1.61. The van der Waals surface area contributed by atoms with Crippen molar-refractivity contribution in [3.8, 4) is 5.75 Å². The molecule has 0 heterocycles. The Balaban J connectivity index is 2.24. The Labute approximate surface area is 98.1 Å². The fourth-order valence-corrected chi connectivity index (χ4v) is 2.44. The molecule has 0 N–H and O–H groups in total. The molecule has 2 nitrogen and oxygen atoms in total. The summed E-state index contributed by atoms with van der Waals surface area (Å²) in [5.41, 5.74) is 0. The van der Waals surface area contributed by atoms with E-state index < -0.39 is 11.2 Å². The second-order valence-electron chi connectivity index (χ2n) is 3.26. The van der Waals surface area contributed by atoms with E-state index in [0.29, 0.717) is 0 Å². The highest BCUT2D eigenvalue weighted by molar-refractivity contribution is 7.91. The van der Waals surface area contributed by atoms with Gasteiger partial charge in [-0.25, -0.2) is 0 Å². The monoisotopic (exact) mass is 232 g/mol. The summed E-state index contributed by atoms with van der Waals surface area (Å²) in [5, 5.41) is 0. The molecule has 0 bridgehead atoms. The number of ether oxygens (including phenoxy) is 1. The number of hydrogen-bond acceptors (Lipinski definition) is 2. The predicted octanol–water partition coefficient (Wildman–Crippen LogP) is 2.86. The maximum atomic E-state index is 12.1. The second kappa shape index (κ2) is 5.05. The molecule has 0 saturated carbocycles. The lowest BCUT2D eigenvalue weighted by Gasteiger charge is -2.09. The van der Waals surface area contributed by atoms with Gasteiger partial charge < -0.3 is 9.29 Å². The van der Waals surface area contributed by atoms with E-state index >= 15 is 0 Å². The third kappa shape index (κ3) is 2.38. The quantitative estimate of drug-likeness (QED) is 0.762. The van der Waals surface area contributed by atoms with Gasteiger partial charge in [-0.3, -0.25) is 0 Å². The van der Waals surface area contributed by atoms with Crippen LogP contribution in [0.3, 0.4) is 0 Å². The SMILES string of the molecule is COc1ccc([S+]([O-])c2ccccc2)cc1. The molecule has 0 fully saturated rings. The molecule has 0 aromatic heterocycles. The van der Waals surface area contributed by atoms with E-state index in [9.17, 15) is 4.55 Å². The first-order chi connectivity index (χ1) is 7.81. The van der Waals surface area contributed by atoms with Gasteiger partial charge in [0, 0.05) is 11.2 Å². The van der Waals surface area contributed by atoms with E-state index in [-0.39, 0.29) is 0 Å². The molecular weight excluding hydrogens is 220 g/mol. The van der Waals surface area contributed by atoms with E-state index in [0.717, 1.165) is 15.5 Å². The molecule has 0 saturated heterocycles. The average Bonchev–Trinajstić information content (AvgIpc) is 2.39. The van der Waals surface area contributed by atoms with Crippen LogP contribution in [0.25, 0.3) is 0 Å². The lowest BCUT2D eigenvalue weighted by molar-refractivity contribution is 0.414. The fourth-order valence-electron chi connectivity index (χ4n) is 1.38. The van der Waals surface area contributed by atoms with Crippen LogP contribution in [0, 0.1) is 0 Å². The van der Waals surface area contributed by atoms with Gasteiger partial charge in [0.1, 0.15) is 5.75 Å². The van der Waals surface area contributed by atoms with Gasteiger partial charge in [-0.15, -0.1) is 0 Å². The summed E-state index contributed by atoms with van der Waals surface area (Å²) in [4.78, 5) is 1.60. The topological polar surface area (TPSA) is 32.3 Å². The van der Waals surface area contributed by atoms with Crippen LogP contribution in [0.5, 0.6) is 5.75 Å². The number of benzene rings is 2. The first-order valence-corrected chi connectivity index (χ1v) is 6.07. The van der Waals surface area contributed by atoms with Gasteiger partial charge in [-0.1, -0.05) is 18.2 Å². The molecule has 1 unspecified atom stereocenters. The molecular formula is C13H12O2S. The maximum Gasteiger partial charge on any atom is 0.158 e. The molecule has 0 aliphatic carbocycles. The van der Waals surface area contributed by atoms with Crippen molar-refractivity contribution in [3.63, 3.8) is 0 Å². The Morgan fingerprint density at radius 2 is 1.44 bits per heavy atom. The van der Waals surface area contributed by atoms with Crippen LogP contribution >= 0.6 is 0 Å². The highest BCUT2D eigenvalue weighted by Gasteiger charge is 2.13. The van der Waals surface area contributed by atoms with Crippen LogP contribution in [-0.4, -0.2) is 11.7 Å². The van der Waals surface area contributed by atoms with E-state index in [1.165, 1.54) is 0 Å². The van der Waals surface area contributed by atoms with Gasteiger partial charge in [0.05, 0.1) is 7.11 Å². The van der Waals surface area contributed by atoms with Crippen molar-refractivity contribution in [2.75, 3.05) is 7.11 Å². The normalized spacial score (nSPS) is 12.1. The summed E-state index contributed by atoms with van der Waals surface area (Å²) < 4.78 is 17.2. The van der Waals surface area contributed by atoms with Crippen molar-refractivity contribution in [1.82, 2.24) is 0 Å². The smallest absolute Gasteiger partial charge is 0.158 e. The minimum atomic E-state index is -1.11. The van der Waals surface area contributed by atoms with Crippen molar-refractivity contribution in [3.05, 3.63) is 54.6 Å². The first kappa shape index (κ1) is 11.0. The van der Waals surface area contributed by atoms with Gasteiger partial charge in [0.25, 0.3) is 0 Å². The van der Waals surface area contributed by atoms with Crippen molar-refractivity contribution < 1.29 is 9.29 Å². The highest BCUT2D eigenvalue weighted by atomic mass is 32.2. The zero-order valence-electron chi connectivity index (χ0n) is 8.92. The molecule has 0 aliphatic heterocycles. The molecule has 82 valence electrons. The Hall–Kier alpha value is -1.45. The largest absolute Gasteiger partial charge is 0.606 e. The van der Waals surface area contributed by atoms with Crippen LogP contribution in [0.4, 0.5) is 0 Å². The van der Waals surface area contributed by atoms with Crippen LogP contribution in [0.15, 0.2) is 64.4 Å². The summed E-state index contributed by atoms with van der Waals surface area (Å²) in [6.07, 6.45) is 0. The zero-order valence-corrected chi connectivity index (χ0v) is 9.74. The van der Waals surface area contributed by atoms with Gasteiger partial charge >= 0.3 is 0 Å². The molecule has 0 amide bonds. The zero-order chi connectivity index (χ0) is 11.4. The minimum Gasteiger partial charge on any atom is -0.606 e. The lowest BCUT2D eigenvalue weighted by Crippen LogP contribution is -2.01.